The summed E-state index contributed by atoms with van der Waals surface area (Å²) in [6, 6.07) is 0. The molecule has 0 aromatic carbocycles. The standard InChI is InChI=1S/C11H24NO.HNO2/c1-4-13-10-12(9-11(2)3)7-5-6-8-12;2-1-3/h11H,4-10H2,1-3H3;(H,2,3)/q+1;/p-1. The van der Waals surface area contributed by atoms with Gasteiger partial charge in [-0.15, -0.1) is 5.34 Å². The average molecular weight is 232 g/mol. The van der Waals surface area contributed by atoms with Crippen LogP contribution in [0.15, 0.2) is 5.34 Å². The lowest BCUT2D eigenvalue weighted by Gasteiger charge is -2.35. The van der Waals surface area contributed by atoms with Gasteiger partial charge < -0.3 is 19.3 Å². The Bertz CT molecular complexity index is 180. The summed E-state index contributed by atoms with van der Waals surface area (Å²) in [5.74, 6) is 0.790. The molecule has 1 fully saturated rings. The van der Waals surface area contributed by atoms with Gasteiger partial charge in [0.25, 0.3) is 0 Å². The first-order valence-electron chi connectivity index (χ1n) is 5.98. The Kier molecular flexibility index (Phi) is 8.11. The smallest absolute Gasteiger partial charge is 0.183 e. The van der Waals surface area contributed by atoms with Gasteiger partial charge in [0.2, 0.25) is 0 Å². The number of quaternary nitrogens is 1. The van der Waals surface area contributed by atoms with Gasteiger partial charge in [-0.2, -0.15) is 0 Å². The van der Waals surface area contributed by atoms with E-state index in [1.54, 1.807) is 0 Å². The molecule has 0 radical (unpaired) electrons. The van der Waals surface area contributed by atoms with Crippen molar-refractivity contribution in [2.45, 2.75) is 33.6 Å². The van der Waals surface area contributed by atoms with Gasteiger partial charge >= 0.3 is 0 Å². The molecule has 0 aliphatic carbocycles. The highest BCUT2D eigenvalue weighted by molar-refractivity contribution is 4.54. The predicted octanol–water partition coefficient (Wildman–Crippen LogP) is 2.50. The zero-order valence-electron chi connectivity index (χ0n) is 10.6. The van der Waals surface area contributed by atoms with Crippen LogP contribution in [0.25, 0.3) is 0 Å². The highest BCUT2D eigenvalue weighted by atomic mass is 16.6. The van der Waals surface area contributed by atoms with Crippen LogP contribution in [0.1, 0.15) is 33.6 Å². The van der Waals surface area contributed by atoms with Gasteiger partial charge in [0.15, 0.2) is 6.73 Å². The molecule has 1 rings (SSSR count). The summed E-state index contributed by atoms with van der Waals surface area (Å²) in [6.45, 7) is 12.5. The lowest BCUT2D eigenvalue weighted by Crippen LogP contribution is -2.49. The molecule has 1 aliphatic heterocycles. The van der Waals surface area contributed by atoms with E-state index in [4.69, 9.17) is 14.9 Å². The minimum atomic E-state index is 0.790. The fourth-order valence-electron chi connectivity index (χ4n) is 2.43. The summed E-state index contributed by atoms with van der Waals surface area (Å²) in [6.07, 6.45) is 2.78. The van der Waals surface area contributed by atoms with Gasteiger partial charge in [-0.1, -0.05) is 13.8 Å². The highest BCUT2D eigenvalue weighted by Crippen LogP contribution is 2.21. The first-order valence-corrected chi connectivity index (χ1v) is 5.98. The SMILES string of the molecule is CCOC[N+]1(CC(C)C)CCCC1.O=N[O-]. The van der Waals surface area contributed by atoms with E-state index in [0.29, 0.717) is 0 Å². The van der Waals surface area contributed by atoms with Crippen LogP contribution in [0.2, 0.25) is 0 Å². The molecule has 5 heteroatoms. The molecule has 96 valence electrons. The van der Waals surface area contributed by atoms with Crippen LogP contribution >= 0.6 is 0 Å². The van der Waals surface area contributed by atoms with E-state index in [0.717, 1.165) is 24.6 Å². The monoisotopic (exact) mass is 232 g/mol. The van der Waals surface area contributed by atoms with Gasteiger partial charge in [0, 0.05) is 25.4 Å². The third-order valence-electron chi connectivity index (χ3n) is 2.84. The van der Waals surface area contributed by atoms with Crippen LogP contribution in [0.5, 0.6) is 0 Å². The van der Waals surface area contributed by atoms with Gasteiger partial charge in [-0.05, 0) is 6.92 Å². The number of rotatable bonds is 5. The van der Waals surface area contributed by atoms with Gasteiger partial charge in [0.05, 0.1) is 19.6 Å². The van der Waals surface area contributed by atoms with Crippen LogP contribution in [-0.4, -0.2) is 37.5 Å². The third kappa shape index (κ3) is 6.02. The van der Waals surface area contributed by atoms with Crippen molar-refractivity contribution in [1.29, 1.82) is 0 Å². The Balaban J connectivity index is 0.000000673. The van der Waals surface area contributed by atoms with Crippen LogP contribution in [-0.2, 0) is 4.74 Å². The topological polar surface area (TPSA) is 61.7 Å². The summed E-state index contributed by atoms with van der Waals surface area (Å²) in [5.41, 5.74) is 0. The number of hydrogen-bond acceptors (Lipinski definition) is 4. The second kappa shape index (κ2) is 8.47. The molecule has 0 spiro atoms. The quantitative estimate of drug-likeness (QED) is 0.415. The van der Waals surface area contributed by atoms with Crippen LogP contribution in [0.3, 0.4) is 0 Å². The summed E-state index contributed by atoms with van der Waals surface area (Å²) in [4.78, 5) is 8.00. The lowest BCUT2D eigenvalue weighted by atomic mass is 10.2. The Morgan fingerprint density at radius 3 is 2.25 bits per heavy atom. The molecular formula is C11H24N2O3. The van der Waals surface area contributed by atoms with Crippen molar-refractivity contribution >= 4 is 0 Å². The number of hydrogen-bond donors (Lipinski definition) is 0. The van der Waals surface area contributed by atoms with Crippen molar-refractivity contribution in [2.75, 3.05) is 33.0 Å². The fourth-order valence-corrected chi connectivity index (χ4v) is 2.43. The zero-order chi connectivity index (χ0) is 12.4. The molecule has 0 atom stereocenters. The Labute approximate surface area is 97.9 Å². The van der Waals surface area contributed by atoms with Crippen molar-refractivity contribution < 1.29 is 9.22 Å². The maximum absolute atomic E-state index is 8.00. The van der Waals surface area contributed by atoms with Crippen molar-refractivity contribution in [3.63, 3.8) is 0 Å². The summed E-state index contributed by atoms with van der Waals surface area (Å²) in [7, 11) is 0. The molecule has 0 saturated carbocycles. The molecule has 0 aromatic rings. The predicted molar refractivity (Wildman–Crippen MR) is 64.6 cm³/mol. The molecule has 1 aliphatic rings. The Morgan fingerprint density at radius 1 is 1.38 bits per heavy atom. The van der Waals surface area contributed by atoms with E-state index < -0.39 is 0 Å². The van der Waals surface area contributed by atoms with Crippen molar-refractivity contribution in [3.05, 3.63) is 10.1 Å². The molecule has 16 heavy (non-hydrogen) atoms. The first-order chi connectivity index (χ1) is 7.60. The second-order valence-corrected chi connectivity index (χ2v) is 4.77. The molecule has 0 unspecified atom stereocenters. The Hall–Kier alpha value is -0.680. The molecule has 5 nitrogen and oxygen atoms in total. The van der Waals surface area contributed by atoms with Crippen molar-refractivity contribution in [1.82, 2.24) is 0 Å². The first kappa shape index (κ1) is 15.3. The number of ether oxygens (including phenoxy) is 1. The zero-order valence-corrected chi connectivity index (χ0v) is 10.6. The van der Waals surface area contributed by atoms with Gasteiger partial charge in [0.1, 0.15) is 0 Å². The normalized spacial score (nSPS) is 18.0. The molecule has 1 heterocycles. The van der Waals surface area contributed by atoms with E-state index in [1.807, 2.05) is 0 Å². The van der Waals surface area contributed by atoms with Crippen LogP contribution in [0.4, 0.5) is 0 Å². The van der Waals surface area contributed by atoms with Crippen molar-refractivity contribution in [3.8, 4) is 0 Å². The minimum Gasteiger partial charge on any atom is -0.444 e. The summed E-state index contributed by atoms with van der Waals surface area (Å²) in [5, 5.41) is 9.00. The average Bonchev–Trinajstić information content (AvgIpc) is 2.64. The molecule has 0 N–H and O–H groups in total. The van der Waals surface area contributed by atoms with Crippen LogP contribution < -0.4 is 0 Å². The fraction of sp³-hybridized carbons (Fsp3) is 1.00. The second-order valence-electron chi connectivity index (χ2n) is 4.77. The molecular weight excluding hydrogens is 208 g/mol. The largest absolute Gasteiger partial charge is 0.444 e. The van der Waals surface area contributed by atoms with E-state index in [1.165, 1.54) is 37.0 Å². The van der Waals surface area contributed by atoms with Gasteiger partial charge in [-0.25, -0.2) is 0 Å². The molecule has 0 amide bonds. The van der Waals surface area contributed by atoms with E-state index in [2.05, 4.69) is 20.8 Å². The maximum Gasteiger partial charge on any atom is 0.183 e. The Morgan fingerprint density at radius 2 is 1.88 bits per heavy atom. The minimum absolute atomic E-state index is 0.790. The van der Waals surface area contributed by atoms with Gasteiger partial charge in [-0.3, -0.25) is 0 Å². The maximum atomic E-state index is 8.00. The highest BCUT2D eigenvalue weighted by Gasteiger charge is 2.32. The third-order valence-corrected chi connectivity index (χ3v) is 2.84. The van der Waals surface area contributed by atoms with E-state index in [-0.39, 0.29) is 0 Å². The summed E-state index contributed by atoms with van der Waals surface area (Å²) < 4.78 is 6.81. The van der Waals surface area contributed by atoms with Crippen LogP contribution in [0, 0.1) is 16.0 Å². The summed E-state index contributed by atoms with van der Waals surface area (Å²) >= 11 is 0. The lowest BCUT2D eigenvalue weighted by molar-refractivity contribution is -0.937. The number of nitrogens with zero attached hydrogens (tertiary/aromatic N) is 2. The molecule has 0 aromatic heterocycles. The molecule has 1 saturated heterocycles. The number of likely N-dealkylation sites (tertiary alicyclic amines) is 1. The molecule has 0 bridgehead atoms. The van der Waals surface area contributed by atoms with E-state index in [9.17, 15) is 0 Å². The van der Waals surface area contributed by atoms with Crippen molar-refractivity contribution in [2.24, 2.45) is 11.3 Å². The van der Waals surface area contributed by atoms with E-state index >= 15 is 0 Å².